The Morgan fingerprint density at radius 3 is 2.67 bits per heavy atom. The molecule has 2 aromatic carbocycles. The highest BCUT2D eigenvalue weighted by Crippen LogP contribution is 2.25. The molecule has 3 aromatic heterocycles. The molecule has 0 saturated heterocycles. The Labute approximate surface area is 158 Å². The molecule has 0 fully saturated rings. The lowest BCUT2D eigenvalue weighted by molar-refractivity contribution is 0.552. The topological polar surface area (TPSA) is 88.3 Å². The van der Waals surface area contributed by atoms with Gasteiger partial charge in [0.1, 0.15) is 5.82 Å². The summed E-state index contributed by atoms with van der Waals surface area (Å²) in [5, 5.41) is 6.70. The molecule has 0 amide bonds. The molecule has 0 aliphatic rings. The lowest BCUT2D eigenvalue weighted by atomic mass is 10.1. The molecular formula is C19H14N6OS. The zero-order valence-electron chi connectivity index (χ0n) is 14.1. The van der Waals surface area contributed by atoms with Crippen LogP contribution >= 0.6 is 12.2 Å². The third kappa shape index (κ3) is 3.06. The zero-order chi connectivity index (χ0) is 18.2. The highest BCUT2D eigenvalue weighted by Gasteiger charge is 2.09. The van der Waals surface area contributed by atoms with E-state index in [9.17, 15) is 0 Å². The molecule has 2 N–H and O–H groups in total. The second kappa shape index (κ2) is 6.33. The minimum atomic E-state index is 0.256. The van der Waals surface area contributed by atoms with Gasteiger partial charge in [0.05, 0.1) is 17.4 Å². The quantitative estimate of drug-likeness (QED) is 0.461. The molecular weight excluding hydrogens is 360 g/mol. The summed E-state index contributed by atoms with van der Waals surface area (Å²) in [6.45, 7) is 0.793. The van der Waals surface area contributed by atoms with Crippen molar-refractivity contribution in [2.75, 3.05) is 0 Å². The number of nitrogens with zero attached hydrogens (tertiary/aromatic N) is 4. The lowest BCUT2D eigenvalue weighted by Crippen LogP contribution is -1.95. The van der Waals surface area contributed by atoms with Gasteiger partial charge in [-0.05, 0) is 36.0 Å². The van der Waals surface area contributed by atoms with Crippen molar-refractivity contribution < 1.29 is 4.42 Å². The van der Waals surface area contributed by atoms with Crippen LogP contribution in [0.2, 0.25) is 0 Å². The van der Waals surface area contributed by atoms with E-state index in [2.05, 4.69) is 49.4 Å². The number of hydrogen-bond acceptors (Lipinski definition) is 5. The molecule has 27 heavy (non-hydrogen) atoms. The fourth-order valence-corrected chi connectivity index (χ4v) is 3.12. The van der Waals surface area contributed by atoms with E-state index in [1.54, 1.807) is 6.20 Å². The Morgan fingerprint density at radius 2 is 1.93 bits per heavy atom. The van der Waals surface area contributed by atoms with E-state index in [4.69, 9.17) is 16.6 Å². The summed E-state index contributed by atoms with van der Waals surface area (Å²) in [5.41, 5.74) is 4.86. The summed E-state index contributed by atoms with van der Waals surface area (Å²) in [7, 11) is 0. The Bertz CT molecular complexity index is 1260. The molecule has 0 spiro atoms. The first kappa shape index (κ1) is 15.7. The van der Waals surface area contributed by atoms with E-state index in [0.717, 1.165) is 34.5 Å². The molecule has 3 heterocycles. The van der Waals surface area contributed by atoms with Crippen LogP contribution in [-0.4, -0.2) is 29.7 Å². The molecule has 7 nitrogen and oxygen atoms in total. The SMILES string of the molecule is S=c1[nH]nc(-c2ccc3nc(-c4ccc(Cn5ccnc5)cc4)[nH]c3c2)o1. The number of nitrogens with one attached hydrogen (secondary N) is 2. The molecule has 0 saturated carbocycles. The molecule has 0 aliphatic heterocycles. The van der Waals surface area contributed by atoms with Crippen LogP contribution in [0.15, 0.2) is 65.6 Å². The molecule has 5 rings (SSSR count). The fraction of sp³-hybridized carbons (Fsp3) is 0.0526. The van der Waals surface area contributed by atoms with Crippen LogP contribution in [0.25, 0.3) is 33.9 Å². The van der Waals surface area contributed by atoms with Crippen LogP contribution in [0.1, 0.15) is 5.56 Å². The summed E-state index contributed by atoms with van der Waals surface area (Å²) < 4.78 is 7.41. The van der Waals surface area contributed by atoms with E-state index < -0.39 is 0 Å². The standard InChI is InChI=1S/C19H14N6OS/c27-19-24-23-18(26-19)14-5-6-15-16(9-14)22-17(21-15)13-3-1-12(2-4-13)10-25-8-7-20-11-25/h1-9,11H,10H2,(H,21,22)(H,24,27). The second-order valence-electron chi connectivity index (χ2n) is 6.17. The van der Waals surface area contributed by atoms with E-state index in [1.807, 2.05) is 35.3 Å². The number of aromatic amines is 2. The number of hydrogen-bond donors (Lipinski definition) is 2. The predicted molar refractivity (Wildman–Crippen MR) is 104 cm³/mol. The normalized spacial score (nSPS) is 11.3. The summed E-state index contributed by atoms with van der Waals surface area (Å²) in [5.74, 6) is 1.28. The number of benzene rings is 2. The molecule has 0 radical (unpaired) electrons. The van der Waals surface area contributed by atoms with Crippen LogP contribution in [0.5, 0.6) is 0 Å². The van der Waals surface area contributed by atoms with Gasteiger partial charge in [-0.25, -0.2) is 15.1 Å². The van der Waals surface area contributed by atoms with Crippen LogP contribution in [0, 0.1) is 4.84 Å². The van der Waals surface area contributed by atoms with E-state index in [1.165, 1.54) is 5.56 Å². The van der Waals surface area contributed by atoms with Crippen LogP contribution in [0.3, 0.4) is 0 Å². The highest BCUT2D eigenvalue weighted by atomic mass is 32.1. The molecule has 8 heteroatoms. The number of imidazole rings is 2. The van der Waals surface area contributed by atoms with Crippen molar-refractivity contribution in [2.24, 2.45) is 0 Å². The van der Waals surface area contributed by atoms with Gasteiger partial charge in [0.25, 0.3) is 4.84 Å². The summed E-state index contributed by atoms with van der Waals surface area (Å²) in [6, 6.07) is 14.1. The van der Waals surface area contributed by atoms with Crippen LogP contribution < -0.4 is 0 Å². The first-order chi connectivity index (χ1) is 13.2. The number of fused-ring (bicyclic) bond motifs is 1. The Kier molecular flexibility index (Phi) is 3.68. The van der Waals surface area contributed by atoms with E-state index in [-0.39, 0.29) is 4.84 Å². The second-order valence-corrected chi connectivity index (χ2v) is 6.54. The van der Waals surface area contributed by atoms with Gasteiger partial charge in [0, 0.05) is 30.1 Å². The van der Waals surface area contributed by atoms with Gasteiger partial charge in [-0.1, -0.05) is 24.3 Å². The maximum absolute atomic E-state index is 5.37. The van der Waals surface area contributed by atoms with Gasteiger partial charge in [-0.2, -0.15) is 0 Å². The van der Waals surface area contributed by atoms with E-state index >= 15 is 0 Å². The Morgan fingerprint density at radius 1 is 1.07 bits per heavy atom. The number of aromatic nitrogens is 6. The Balaban J connectivity index is 1.45. The first-order valence-electron chi connectivity index (χ1n) is 8.35. The van der Waals surface area contributed by atoms with Gasteiger partial charge in [-0.15, -0.1) is 5.10 Å². The van der Waals surface area contributed by atoms with Gasteiger partial charge >= 0.3 is 0 Å². The summed E-state index contributed by atoms with van der Waals surface area (Å²) in [6.07, 6.45) is 5.54. The van der Waals surface area contributed by atoms with Gasteiger partial charge in [0.2, 0.25) is 5.89 Å². The third-order valence-corrected chi connectivity index (χ3v) is 4.49. The average molecular weight is 374 g/mol. The van der Waals surface area contributed by atoms with Crippen molar-refractivity contribution in [1.82, 2.24) is 29.7 Å². The van der Waals surface area contributed by atoms with Crippen molar-refractivity contribution in [2.45, 2.75) is 6.54 Å². The molecule has 0 bridgehead atoms. The first-order valence-corrected chi connectivity index (χ1v) is 8.76. The highest BCUT2D eigenvalue weighted by molar-refractivity contribution is 7.71. The monoisotopic (exact) mass is 374 g/mol. The predicted octanol–water partition coefficient (Wildman–Crippen LogP) is 4.19. The maximum Gasteiger partial charge on any atom is 0.284 e. The fourth-order valence-electron chi connectivity index (χ4n) is 2.99. The van der Waals surface area contributed by atoms with Crippen molar-refractivity contribution in [3.8, 4) is 22.8 Å². The van der Waals surface area contributed by atoms with Crippen molar-refractivity contribution in [1.29, 1.82) is 0 Å². The summed E-state index contributed by atoms with van der Waals surface area (Å²) in [4.78, 5) is 12.4. The minimum Gasteiger partial charge on any atom is -0.409 e. The maximum atomic E-state index is 5.37. The smallest absolute Gasteiger partial charge is 0.284 e. The molecule has 0 aliphatic carbocycles. The van der Waals surface area contributed by atoms with E-state index in [0.29, 0.717) is 5.89 Å². The van der Waals surface area contributed by atoms with Gasteiger partial charge < -0.3 is 14.0 Å². The largest absolute Gasteiger partial charge is 0.409 e. The third-order valence-electron chi connectivity index (χ3n) is 4.32. The average Bonchev–Trinajstić information content (AvgIpc) is 3.42. The molecule has 132 valence electrons. The minimum absolute atomic E-state index is 0.256. The van der Waals surface area contributed by atoms with Crippen LogP contribution in [0.4, 0.5) is 0 Å². The van der Waals surface area contributed by atoms with Crippen LogP contribution in [-0.2, 0) is 6.54 Å². The molecule has 0 unspecified atom stereocenters. The zero-order valence-corrected chi connectivity index (χ0v) is 14.9. The Hall–Kier alpha value is -3.52. The molecule has 0 atom stereocenters. The van der Waals surface area contributed by atoms with Crippen molar-refractivity contribution >= 4 is 23.3 Å². The van der Waals surface area contributed by atoms with Crippen molar-refractivity contribution in [3.63, 3.8) is 0 Å². The molecule has 5 aromatic rings. The summed E-state index contributed by atoms with van der Waals surface area (Å²) >= 11 is 4.93. The number of H-pyrrole nitrogens is 2. The van der Waals surface area contributed by atoms with Crippen molar-refractivity contribution in [3.05, 3.63) is 71.6 Å². The lowest BCUT2D eigenvalue weighted by Gasteiger charge is -2.03. The van der Waals surface area contributed by atoms with Gasteiger partial charge in [0.15, 0.2) is 0 Å². The van der Waals surface area contributed by atoms with Gasteiger partial charge in [-0.3, -0.25) is 0 Å². The number of rotatable bonds is 4.